The number of anilines is 1. The monoisotopic (exact) mass is 347 g/mol. The minimum Gasteiger partial charge on any atom is -0.370 e. The first-order valence-electron chi connectivity index (χ1n) is 6.05. The average molecular weight is 348 g/mol. The van der Waals surface area contributed by atoms with Crippen LogP contribution in [0.15, 0.2) is 45.2 Å². The van der Waals surface area contributed by atoms with Gasteiger partial charge in [-0.25, -0.2) is 9.98 Å². The first kappa shape index (κ1) is 11.9. The molecule has 4 rings (SSSR count). The molecule has 0 radical (unpaired) electrons. The van der Waals surface area contributed by atoms with Gasteiger partial charge in [0, 0.05) is 0 Å². The SMILES string of the molecule is NC1=NC(c2ccc(Br)s2)n2c(nc3ccccc32)N1. The van der Waals surface area contributed by atoms with Crippen LogP contribution >= 0.6 is 27.3 Å². The molecule has 0 saturated carbocycles. The van der Waals surface area contributed by atoms with Crippen LogP contribution in [0.4, 0.5) is 5.95 Å². The molecule has 1 atom stereocenters. The normalized spacial score (nSPS) is 17.6. The lowest BCUT2D eigenvalue weighted by Crippen LogP contribution is -2.31. The van der Waals surface area contributed by atoms with Crippen LogP contribution in [-0.4, -0.2) is 15.5 Å². The molecular weight excluding hydrogens is 338 g/mol. The summed E-state index contributed by atoms with van der Waals surface area (Å²) < 4.78 is 3.15. The van der Waals surface area contributed by atoms with E-state index in [-0.39, 0.29) is 6.17 Å². The summed E-state index contributed by atoms with van der Waals surface area (Å²) in [6.07, 6.45) is -0.171. The Bertz CT molecular complexity index is 834. The van der Waals surface area contributed by atoms with Crippen molar-refractivity contribution in [1.29, 1.82) is 0 Å². The molecule has 0 aliphatic carbocycles. The van der Waals surface area contributed by atoms with Gasteiger partial charge in [0.15, 0.2) is 12.1 Å². The van der Waals surface area contributed by atoms with Crippen LogP contribution in [0, 0.1) is 0 Å². The van der Waals surface area contributed by atoms with E-state index in [9.17, 15) is 0 Å². The Hall–Kier alpha value is -1.86. The van der Waals surface area contributed by atoms with E-state index in [1.165, 1.54) is 0 Å². The van der Waals surface area contributed by atoms with Crippen molar-refractivity contribution in [2.24, 2.45) is 10.7 Å². The number of nitrogens with one attached hydrogen (secondary N) is 1. The fourth-order valence-electron chi connectivity index (χ4n) is 2.37. The number of imidazole rings is 1. The molecule has 0 saturated heterocycles. The number of halogens is 1. The number of aliphatic imine (C=N–C) groups is 1. The Balaban J connectivity index is 1.98. The van der Waals surface area contributed by atoms with Crippen molar-refractivity contribution in [2.45, 2.75) is 6.17 Å². The van der Waals surface area contributed by atoms with Crippen LogP contribution in [0.1, 0.15) is 11.0 Å². The summed E-state index contributed by atoms with van der Waals surface area (Å²) in [5.41, 5.74) is 7.86. The number of hydrogen-bond acceptors (Lipinski definition) is 5. The zero-order chi connectivity index (χ0) is 13.7. The van der Waals surface area contributed by atoms with Crippen molar-refractivity contribution in [3.63, 3.8) is 0 Å². The highest BCUT2D eigenvalue weighted by Crippen LogP contribution is 2.36. The maximum Gasteiger partial charge on any atom is 0.212 e. The lowest BCUT2D eigenvalue weighted by molar-refractivity contribution is 0.637. The number of hydrogen-bond donors (Lipinski definition) is 2. The second kappa shape index (κ2) is 4.32. The molecule has 1 aliphatic rings. The molecule has 0 spiro atoms. The highest BCUT2D eigenvalue weighted by Gasteiger charge is 2.25. The van der Waals surface area contributed by atoms with Crippen molar-refractivity contribution < 1.29 is 0 Å². The highest BCUT2D eigenvalue weighted by atomic mass is 79.9. The van der Waals surface area contributed by atoms with E-state index in [0.29, 0.717) is 5.96 Å². The van der Waals surface area contributed by atoms with Crippen molar-refractivity contribution in [2.75, 3.05) is 5.32 Å². The summed E-state index contributed by atoms with van der Waals surface area (Å²) in [7, 11) is 0. The number of thiophene rings is 1. The summed E-state index contributed by atoms with van der Waals surface area (Å²) >= 11 is 5.14. The molecule has 1 aromatic carbocycles. The standard InChI is InChI=1S/C13H10BrN5S/c14-10-6-5-9(20-10)11-17-12(15)18-13-16-7-3-1-2-4-8(7)19(11)13/h1-6,11H,(H3,15,16,17,18). The predicted octanol–water partition coefficient (Wildman–Crippen LogP) is 3.15. The summed E-state index contributed by atoms with van der Waals surface area (Å²) in [4.78, 5) is 10.2. The van der Waals surface area contributed by atoms with Crippen LogP contribution in [0.3, 0.4) is 0 Å². The van der Waals surface area contributed by atoms with Crippen molar-refractivity contribution in [3.05, 3.63) is 45.1 Å². The molecule has 3 aromatic rings. The molecule has 100 valence electrons. The van der Waals surface area contributed by atoms with Gasteiger partial charge in [0.2, 0.25) is 5.95 Å². The summed E-state index contributed by atoms with van der Waals surface area (Å²) in [6.45, 7) is 0. The molecule has 7 heteroatoms. The van der Waals surface area contributed by atoms with E-state index in [4.69, 9.17) is 5.73 Å². The van der Waals surface area contributed by atoms with E-state index in [1.807, 2.05) is 30.3 Å². The zero-order valence-electron chi connectivity index (χ0n) is 10.2. The number of benzene rings is 1. The molecule has 5 nitrogen and oxygen atoms in total. The van der Waals surface area contributed by atoms with Crippen molar-refractivity contribution >= 4 is 50.2 Å². The van der Waals surface area contributed by atoms with Gasteiger partial charge in [-0.2, -0.15) is 0 Å². The first-order chi connectivity index (χ1) is 9.72. The van der Waals surface area contributed by atoms with Crippen molar-refractivity contribution in [1.82, 2.24) is 9.55 Å². The molecule has 0 fully saturated rings. The van der Waals surface area contributed by atoms with Gasteiger partial charge in [-0.1, -0.05) is 12.1 Å². The molecule has 3 N–H and O–H groups in total. The van der Waals surface area contributed by atoms with Gasteiger partial charge in [0.05, 0.1) is 19.7 Å². The Morgan fingerprint density at radius 3 is 2.90 bits per heavy atom. The van der Waals surface area contributed by atoms with Gasteiger partial charge in [-0.05, 0) is 40.2 Å². The Kier molecular flexibility index (Phi) is 2.58. The quantitative estimate of drug-likeness (QED) is 0.710. The van der Waals surface area contributed by atoms with Crippen LogP contribution < -0.4 is 11.1 Å². The van der Waals surface area contributed by atoms with Gasteiger partial charge in [0.1, 0.15) is 0 Å². The molecule has 20 heavy (non-hydrogen) atoms. The zero-order valence-corrected chi connectivity index (χ0v) is 12.6. The third-order valence-electron chi connectivity index (χ3n) is 3.19. The van der Waals surface area contributed by atoms with E-state index < -0.39 is 0 Å². The first-order valence-corrected chi connectivity index (χ1v) is 7.66. The smallest absolute Gasteiger partial charge is 0.212 e. The van der Waals surface area contributed by atoms with Crippen LogP contribution in [0.25, 0.3) is 11.0 Å². The molecule has 0 bridgehead atoms. The fourth-order valence-corrected chi connectivity index (χ4v) is 3.83. The maximum atomic E-state index is 5.88. The molecular formula is C13H10BrN5S. The molecule has 3 heterocycles. The Morgan fingerprint density at radius 2 is 2.10 bits per heavy atom. The van der Waals surface area contributed by atoms with Gasteiger partial charge in [0.25, 0.3) is 0 Å². The fraction of sp³-hybridized carbons (Fsp3) is 0.0769. The summed E-state index contributed by atoms with van der Waals surface area (Å²) in [6, 6.07) is 12.1. The largest absolute Gasteiger partial charge is 0.370 e. The number of rotatable bonds is 1. The molecule has 2 aromatic heterocycles. The second-order valence-corrected chi connectivity index (χ2v) is 6.94. The molecule has 1 aliphatic heterocycles. The van der Waals surface area contributed by atoms with Crippen LogP contribution in [0.2, 0.25) is 0 Å². The third-order valence-corrected chi connectivity index (χ3v) is 4.85. The number of nitrogens with two attached hydrogens (primary N) is 1. The minimum absolute atomic E-state index is 0.171. The minimum atomic E-state index is -0.171. The van der Waals surface area contributed by atoms with E-state index in [0.717, 1.165) is 25.6 Å². The third kappa shape index (κ3) is 1.74. The van der Waals surface area contributed by atoms with Crippen LogP contribution in [0.5, 0.6) is 0 Å². The Labute approximate surface area is 127 Å². The second-order valence-electron chi connectivity index (χ2n) is 4.45. The number of guanidine groups is 1. The number of fused-ring (bicyclic) bond motifs is 3. The maximum absolute atomic E-state index is 5.88. The molecule has 0 amide bonds. The summed E-state index contributed by atoms with van der Waals surface area (Å²) in [5, 5.41) is 3.03. The Morgan fingerprint density at radius 1 is 1.25 bits per heavy atom. The van der Waals surface area contributed by atoms with Crippen LogP contribution in [-0.2, 0) is 0 Å². The predicted molar refractivity (Wildman–Crippen MR) is 85.1 cm³/mol. The highest BCUT2D eigenvalue weighted by molar-refractivity contribution is 9.11. The van der Waals surface area contributed by atoms with E-state index >= 15 is 0 Å². The lowest BCUT2D eigenvalue weighted by Gasteiger charge is -2.22. The van der Waals surface area contributed by atoms with E-state index in [1.54, 1.807) is 11.3 Å². The topological polar surface area (TPSA) is 68.2 Å². The van der Waals surface area contributed by atoms with Crippen molar-refractivity contribution in [3.8, 4) is 0 Å². The van der Waals surface area contributed by atoms with Gasteiger partial charge >= 0.3 is 0 Å². The number of aromatic nitrogens is 2. The van der Waals surface area contributed by atoms with Gasteiger partial charge < -0.3 is 5.73 Å². The number of para-hydroxylation sites is 2. The summed E-state index contributed by atoms with van der Waals surface area (Å²) in [5.74, 6) is 1.12. The van der Waals surface area contributed by atoms with E-state index in [2.05, 4.69) is 41.9 Å². The lowest BCUT2D eigenvalue weighted by atomic mass is 10.3. The van der Waals surface area contributed by atoms with Gasteiger partial charge in [-0.3, -0.25) is 9.88 Å². The molecule has 1 unspecified atom stereocenters. The number of nitrogens with zero attached hydrogens (tertiary/aromatic N) is 3. The van der Waals surface area contributed by atoms with Gasteiger partial charge in [-0.15, -0.1) is 11.3 Å². The average Bonchev–Trinajstić information content (AvgIpc) is 3.00.